The first-order chi connectivity index (χ1) is 10.1. The molecule has 0 spiro atoms. The van der Waals surface area contributed by atoms with Crippen molar-refractivity contribution in [2.24, 2.45) is 0 Å². The Morgan fingerprint density at radius 3 is 2.67 bits per heavy atom. The Kier molecular flexibility index (Phi) is 5.90. The molecule has 0 aromatic heterocycles. The van der Waals surface area contributed by atoms with Crippen molar-refractivity contribution >= 4 is 6.03 Å². The lowest BCUT2D eigenvalue weighted by Crippen LogP contribution is -2.44. The number of carbonyl (C=O) groups is 1. The van der Waals surface area contributed by atoms with E-state index in [0.29, 0.717) is 19.2 Å². The number of rotatable bonds is 5. The minimum absolute atomic E-state index is 0.0782. The van der Waals surface area contributed by atoms with Gasteiger partial charge in [-0.05, 0) is 49.9 Å². The van der Waals surface area contributed by atoms with Crippen LogP contribution >= 0.6 is 0 Å². The molecule has 0 atom stereocenters. The molecule has 1 aromatic carbocycles. The number of benzene rings is 1. The normalized spacial score (nSPS) is 15.5. The van der Waals surface area contributed by atoms with E-state index < -0.39 is 0 Å². The highest BCUT2D eigenvalue weighted by molar-refractivity contribution is 5.74. The van der Waals surface area contributed by atoms with Crippen molar-refractivity contribution in [3.8, 4) is 5.75 Å². The first-order valence-corrected chi connectivity index (χ1v) is 7.89. The van der Waals surface area contributed by atoms with Crippen LogP contribution in [-0.2, 0) is 0 Å². The van der Waals surface area contributed by atoms with E-state index in [-0.39, 0.29) is 6.03 Å². The summed E-state index contributed by atoms with van der Waals surface area (Å²) in [6, 6.07) is 6.31. The van der Waals surface area contributed by atoms with Crippen LogP contribution in [0, 0.1) is 13.8 Å². The zero-order valence-corrected chi connectivity index (χ0v) is 13.1. The van der Waals surface area contributed by atoms with Gasteiger partial charge in [-0.25, -0.2) is 4.79 Å². The number of carbonyl (C=O) groups excluding carboxylic acids is 1. The highest BCUT2D eigenvalue weighted by atomic mass is 16.5. The van der Waals surface area contributed by atoms with E-state index in [0.717, 1.165) is 18.6 Å². The molecule has 1 aliphatic rings. The molecule has 116 valence electrons. The van der Waals surface area contributed by atoms with Gasteiger partial charge in [-0.3, -0.25) is 0 Å². The van der Waals surface area contributed by atoms with Gasteiger partial charge in [0.25, 0.3) is 0 Å². The molecule has 4 heteroatoms. The molecule has 1 aromatic rings. The first kappa shape index (κ1) is 15.7. The minimum Gasteiger partial charge on any atom is -0.492 e. The van der Waals surface area contributed by atoms with Crippen LogP contribution in [0.4, 0.5) is 4.79 Å². The van der Waals surface area contributed by atoms with Crippen LogP contribution in [-0.4, -0.2) is 25.2 Å². The lowest BCUT2D eigenvalue weighted by molar-refractivity contribution is 0.228. The molecular formula is C17H26N2O2. The van der Waals surface area contributed by atoms with Gasteiger partial charge in [-0.15, -0.1) is 0 Å². The van der Waals surface area contributed by atoms with E-state index >= 15 is 0 Å². The predicted octanol–water partition coefficient (Wildman–Crippen LogP) is 3.31. The van der Waals surface area contributed by atoms with Crippen molar-refractivity contribution in [3.05, 3.63) is 29.3 Å². The highest BCUT2D eigenvalue weighted by Gasteiger charge is 2.14. The molecular weight excluding hydrogens is 264 g/mol. The number of hydrogen-bond donors (Lipinski definition) is 2. The molecule has 1 fully saturated rings. The Morgan fingerprint density at radius 2 is 1.95 bits per heavy atom. The second kappa shape index (κ2) is 7.91. The van der Waals surface area contributed by atoms with Gasteiger partial charge in [0, 0.05) is 6.04 Å². The monoisotopic (exact) mass is 290 g/mol. The third-order valence-corrected chi connectivity index (χ3v) is 4.08. The standard InChI is InChI=1S/C17H26N2O2/c1-13-8-9-16(12-14(13)2)21-11-10-18-17(20)19-15-6-4-3-5-7-15/h8-9,12,15H,3-7,10-11H2,1-2H3,(H2,18,19,20). The number of ether oxygens (including phenoxy) is 1. The van der Waals surface area contributed by atoms with Gasteiger partial charge >= 0.3 is 6.03 Å². The second-order valence-electron chi connectivity index (χ2n) is 5.83. The average Bonchev–Trinajstić information content (AvgIpc) is 2.48. The summed E-state index contributed by atoms with van der Waals surface area (Å²) in [6.45, 7) is 5.15. The smallest absolute Gasteiger partial charge is 0.315 e. The predicted molar refractivity (Wildman–Crippen MR) is 84.8 cm³/mol. The average molecular weight is 290 g/mol. The van der Waals surface area contributed by atoms with Crippen molar-refractivity contribution < 1.29 is 9.53 Å². The van der Waals surface area contributed by atoms with Gasteiger partial charge in [0.2, 0.25) is 0 Å². The largest absolute Gasteiger partial charge is 0.492 e. The summed E-state index contributed by atoms with van der Waals surface area (Å²) in [5.41, 5.74) is 2.47. The van der Waals surface area contributed by atoms with Gasteiger partial charge in [0.1, 0.15) is 12.4 Å². The lowest BCUT2D eigenvalue weighted by atomic mass is 9.96. The third-order valence-electron chi connectivity index (χ3n) is 4.08. The summed E-state index contributed by atoms with van der Waals surface area (Å²) >= 11 is 0. The Labute approximate surface area is 127 Å². The number of hydrogen-bond acceptors (Lipinski definition) is 2. The van der Waals surface area contributed by atoms with Crippen molar-refractivity contribution in [3.63, 3.8) is 0 Å². The maximum absolute atomic E-state index is 11.7. The van der Waals surface area contributed by atoms with Crippen LogP contribution in [0.2, 0.25) is 0 Å². The Balaban J connectivity index is 1.62. The van der Waals surface area contributed by atoms with Crippen LogP contribution in [0.15, 0.2) is 18.2 Å². The van der Waals surface area contributed by atoms with Crippen LogP contribution < -0.4 is 15.4 Å². The number of nitrogens with one attached hydrogen (secondary N) is 2. The summed E-state index contributed by atoms with van der Waals surface area (Å²) in [6.07, 6.45) is 5.95. The SMILES string of the molecule is Cc1ccc(OCCNC(=O)NC2CCCCC2)cc1C. The Hall–Kier alpha value is -1.71. The quantitative estimate of drug-likeness (QED) is 0.817. The zero-order chi connectivity index (χ0) is 15.1. The summed E-state index contributed by atoms with van der Waals surface area (Å²) in [4.78, 5) is 11.7. The molecule has 2 rings (SSSR count). The second-order valence-corrected chi connectivity index (χ2v) is 5.83. The lowest BCUT2D eigenvalue weighted by Gasteiger charge is -2.22. The fourth-order valence-corrected chi connectivity index (χ4v) is 2.62. The minimum atomic E-state index is -0.0782. The molecule has 1 aliphatic carbocycles. The van der Waals surface area contributed by atoms with E-state index in [2.05, 4.69) is 24.5 Å². The summed E-state index contributed by atoms with van der Waals surface area (Å²) in [5, 5.41) is 5.88. The summed E-state index contributed by atoms with van der Waals surface area (Å²) in [5.74, 6) is 0.854. The van der Waals surface area contributed by atoms with Gasteiger partial charge < -0.3 is 15.4 Å². The highest BCUT2D eigenvalue weighted by Crippen LogP contribution is 2.17. The Morgan fingerprint density at radius 1 is 1.19 bits per heavy atom. The fraction of sp³-hybridized carbons (Fsp3) is 0.588. The van der Waals surface area contributed by atoms with E-state index in [1.54, 1.807) is 0 Å². The van der Waals surface area contributed by atoms with Crippen LogP contribution in [0.1, 0.15) is 43.2 Å². The maximum atomic E-state index is 11.7. The molecule has 4 nitrogen and oxygen atoms in total. The zero-order valence-electron chi connectivity index (χ0n) is 13.1. The van der Waals surface area contributed by atoms with Crippen LogP contribution in [0.3, 0.4) is 0 Å². The van der Waals surface area contributed by atoms with Gasteiger partial charge in [0.15, 0.2) is 0 Å². The van der Waals surface area contributed by atoms with E-state index in [1.807, 2.05) is 18.2 Å². The summed E-state index contributed by atoms with van der Waals surface area (Å²) in [7, 11) is 0. The van der Waals surface area contributed by atoms with Gasteiger partial charge in [0.05, 0.1) is 6.54 Å². The molecule has 1 saturated carbocycles. The molecule has 0 unspecified atom stereocenters. The number of aryl methyl sites for hydroxylation is 2. The van der Waals surface area contributed by atoms with Gasteiger partial charge in [-0.2, -0.15) is 0 Å². The molecule has 0 heterocycles. The molecule has 0 bridgehead atoms. The molecule has 0 radical (unpaired) electrons. The van der Waals surface area contributed by atoms with E-state index in [4.69, 9.17) is 4.74 Å². The van der Waals surface area contributed by atoms with Gasteiger partial charge in [-0.1, -0.05) is 25.3 Å². The van der Waals surface area contributed by atoms with Crippen molar-refractivity contribution in [1.82, 2.24) is 10.6 Å². The molecule has 21 heavy (non-hydrogen) atoms. The molecule has 0 aliphatic heterocycles. The van der Waals surface area contributed by atoms with Crippen molar-refractivity contribution in [2.75, 3.05) is 13.2 Å². The number of urea groups is 1. The molecule has 2 N–H and O–H groups in total. The molecule has 2 amide bonds. The summed E-state index contributed by atoms with van der Waals surface area (Å²) < 4.78 is 5.64. The van der Waals surface area contributed by atoms with E-state index in [9.17, 15) is 4.79 Å². The van der Waals surface area contributed by atoms with Crippen LogP contribution in [0.25, 0.3) is 0 Å². The topological polar surface area (TPSA) is 50.4 Å². The maximum Gasteiger partial charge on any atom is 0.315 e. The van der Waals surface area contributed by atoms with Crippen molar-refractivity contribution in [2.45, 2.75) is 52.0 Å². The van der Waals surface area contributed by atoms with Crippen LogP contribution in [0.5, 0.6) is 5.75 Å². The van der Waals surface area contributed by atoms with E-state index in [1.165, 1.54) is 30.4 Å². The Bertz CT molecular complexity index is 468. The fourth-order valence-electron chi connectivity index (χ4n) is 2.62. The first-order valence-electron chi connectivity index (χ1n) is 7.89. The van der Waals surface area contributed by atoms with Crippen molar-refractivity contribution in [1.29, 1.82) is 0 Å². The molecule has 0 saturated heterocycles. The third kappa shape index (κ3) is 5.29. The number of amides is 2.